The molecule has 0 atom stereocenters. The Morgan fingerprint density at radius 3 is 2.39 bits per heavy atom. The summed E-state index contributed by atoms with van der Waals surface area (Å²) in [5, 5.41) is 8.86. The number of esters is 1. The van der Waals surface area contributed by atoms with E-state index < -0.39 is 40.7 Å². The fourth-order valence-electron chi connectivity index (χ4n) is 4.55. The third-order valence-corrected chi connectivity index (χ3v) is 6.88. The molecule has 38 heavy (non-hydrogen) atoms. The zero-order valence-corrected chi connectivity index (χ0v) is 20.1. The largest absolute Gasteiger partial charge is 0.423 e. The van der Waals surface area contributed by atoms with Crippen molar-refractivity contribution in [3.05, 3.63) is 83.4 Å². The number of pyridine rings is 1. The van der Waals surface area contributed by atoms with Gasteiger partial charge in [-0.05, 0) is 67.9 Å². The minimum atomic E-state index is -4.89. The van der Waals surface area contributed by atoms with E-state index in [1.54, 1.807) is 18.2 Å². The van der Waals surface area contributed by atoms with E-state index in [0.717, 1.165) is 17.2 Å². The maximum Gasteiger partial charge on any atom is 0.419 e. The van der Waals surface area contributed by atoms with Crippen LogP contribution in [0.5, 0.6) is 5.75 Å². The van der Waals surface area contributed by atoms with E-state index in [9.17, 15) is 22.8 Å². The average Bonchev–Trinajstić information content (AvgIpc) is 3.10. The van der Waals surface area contributed by atoms with Gasteiger partial charge >= 0.3 is 12.1 Å². The highest BCUT2D eigenvalue weighted by Crippen LogP contribution is 2.48. The van der Waals surface area contributed by atoms with Crippen molar-refractivity contribution in [1.82, 2.24) is 4.98 Å². The SMILES string of the molecule is N#Cc1ncc(N2C(=O)C3(CCC3)N(c3ccc(C(=O)Oc4ccccc4)c(F)c3)C2=S)cc1C(F)(F)F. The number of hydrogen-bond acceptors (Lipinski definition) is 6. The highest BCUT2D eigenvalue weighted by Gasteiger charge is 2.60. The standard InChI is InChI=1S/C26H16F4N4O3S/c27-20-12-15(7-8-18(20)22(35)37-17-5-2-1-3-6-17)34-24(38)33(23(36)25(34)9-4-10-25)16-11-19(26(28,29)30)21(13-31)32-14-16/h1-3,5-8,11-12,14H,4,9-10H2. The lowest BCUT2D eigenvalue weighted by Gasteiger charge is -2.43. The molecule has 2 fully saturated rings. The van der Waals surface area contributed by atoms with E-state index in [4.69, 9.17) is 22.2 Å². The van der Waals surface area contributed by atoms with Crippen molar-refractivity contribution < 1.29 is 31.9 Å². The molecular weight excluding hydrogens is 524 g/mol. The van der Waals surface area contributed by atoms with E-state index in [1.165, 1.54) is 35.2 Å². The van der Waals surface area contributed by atoms with Crippen LogP contribution in [0.3, 0.4) is 0 Å². The summed E-state index contributed by atoms with van der Waals surface area (Å²) >= 11 is 5.51. The van der Waals surface area contributed by atoms with Gasteiger partial charge in [0, 0.05) is 5.69 Å². The summed E-state index contributed by atoms with van der Waals surface area (Å²) in [6, 6.07) is 13.8. The Bertz CT molecular complexity index is 1520. The summed E-state index contributed by atoms with van der Waals surface area (Å²) in [6.45, 7) is 0. The average molecular weight is 540 g/mol. The smallest absolute Gasteiger partial charge is 0.419 e. The molecule has 1 saturated heterocycles. The molecule has 1 aliphatic heterocycles. The summed E-state index contributed by atoms with van der Waals surface area (Å²) < 4.78 is 60.9. The second-order valence-corrected chi connectivity index (χ2v) is 9.07. The second-order valence-electron chi connectivity index (χ2n) is 8.71. The summed E-state index contributed by atoms with van der Waals surface area (Å²) in [6.07, 6.45) is -2.62. The van der Waals surface area contributed by atoms with Gasteiger partial charge in [0.2, 0.25) is 0 Å². The highest BCUT2D eigenvalue weighted by atomic mass is 32.1. The van der Waals surface area contributed by atoms with Crippen LogP contribution >= 0.6 is 12.2 Å². The fraction of sp³-hybridized carbons (Fsp3) is 0.192. The molecule has 1 aromatic heterocycles. The van der Waals surface area contributed by atoms with Gasteiger partial charge in [-0.1, -0.05) is 18.2 Å². The molecule has 0 bridgehead atoms. The summed E-state index contributed by atoms with van der Waals surface area (Å²) in [4.78, 5) is 31.9. The third kappa shape index (κ3) is 4.05. The number of hydrogen-bond donors (Lipinski definition) is 0. The molecule has 1 aliphatic carbocycles. The number of thiocarbonyl (C=S) groups is 1. The minimum absolute atomic E-state index is 0.150. The molecule has 2 aliphatic rings. The molecule has 2 heterocycles. The predicted octanol–water partition coefficient (Wildman–Crippen LogP) is 5.39. The number of para-hydroxylation sites is 1. The number of anilines is 2. The van der Waals surface area contributed by atoms with Crippen LogP contribution in [-0.4, -0.2) is 27.5 Å². The molecule has 1 spiro atoms. The van der Waals surface area contributed by atoms with Gasteiger partial charge in [0.25, 0.3) is 5.91 Å². The molecule has 0 radical (unpaired) electrons. The molecule has 0 N–H and O–H groups in total. The van der Waals surface area contributed by atoms with Gasteiger partial charge in [0.05, 0.1) is 23.0 Å². The monoisotopic (exact) mass is 540 g/mol. The maximum absolute atomic E-state index is 15.1. The van der Waals surface area contributed by atoms with Crippen LogP contribution in [0.25, 0.3) is 0 Å². The van der Waals surface area contributed by atoms with Crippen molar-refractivity contribution in [2.75, 3.05) is 9.80 Å². The number of rotatable bonds is 4. The number of amides is 1. The Morgan fingerprint density at radius 1 is 1.11 bits per heavy atom. The van der Waals surface area contributed by atoms with E-state index in [0.29, 0.717) is 25.3 Å². The lowest BCUT2D eigenvalue weighted by atomic mass is 9.75. The normalized spacial score (nSPS) is 16.4. The van der Waals surface area contributed by atoms with Crippen LogP contribution in [0.2, 0.25) is 0 Å². The molecule has 3 aromatic rings. The zero-order valence-electron chi connectivity index (χ0n) is 19.3. The van der Waals surface area contributed by atoms with E-state index in [2.05, 4.69) is 4.98 Å². The number of aromatic nitrogens is 1. The third-order valence-electron chi connectivity index (χ3n) is 6.52. The van der Waals surface area contributed by atoms with Gasteiger partial charge in [-0.2, -0.15) is 18.4 Å². The first-order valence-corrected chi connectivity index (χ1v) is 11.7. The Labute approximate surface area is 218 Å². The number of carbonyl (C=O) groups is 2. The van der Waals surface area contributed by atoms with Crippen molar-refractivity contribution in [2.24, 2.45) is 0 Å². The molecule has 192 valence electrons. The number of benzene rings is 2. The van der Waals surface area contributed by atoms with Gasteiger partial charge in [-0.15, -0.1) is 0 Å². The first-order valence-electron chi connectivity index (χ1n) is 11.3. The molecule has 1 saturated carbocycles. The molecule has 5 rings (SSSR count). The van der Waals surface area contributed by atoms with Gasteiger partial charge in [-0.25, -0.2) is 14.2 Å². The Morgan fingerprint density at radius 2 is 1.82 bits per heavy atom. The molecule has 2 aromatic carbocycles. The van der Waals surface area contributed by atoms with Gasteiger partial charge in [-0.3, -0.25) is 9.69 Å². The minimum Gasteiger partial charge on any atom is -0.423 e. The van der Waals surface area contributed by atoms with Crippen molar-refractivity contribution >= 4 is 40.6 Å². The van der Waals surface area contributed by atoms with Gasteiger partial charge < -0.3 is 9.64 Å². The predicted molar refractivity (Wildman–Crippen MR) is 131 cm³/mol. The molecule has 1 amide bonds. The van der Waals surface area contributed by atoms with Crippen LogP contribution in [0.1, 0.15) is 40.9 Å². The number of ether oxygens (including phenoxy) is 1. The Balaban J connectivity index is 1.50. The Kier molecular flexibility index (Phi) is 6.11. The van der Waals surface area contributed by atoms with Crippen LogP contribution in [0.15, 0.2) is 60.8 Å². The van der Waals surface area contributed by atoms with Gasteiger partial charge in [0.1, 0.15) is 23.2 Å². The fourth-order valence-corrected chi connectivity index (χ4v) is 5.02. The lowest BCUT2D eigenvalue weighted by molar-refractivity contribution is -0.138. The quantitative estimate of drug-likeness (QED) is 0.190. The number of carbonyl (C=O) groups excluding carboxylic acids is 2. The number of nitrogens with zero attached hydrogens (tertiary/aromatic N) is 4. The van der Waals surface area contributed by atoms with Crippen LogP contribution in [-0.2, 0) is 11.0 Å². The number of halogens is 4. The molecular formula is C26H16F4N4O3S. The van der Waals surface area contributed by atoms with Crippen molar-refractivity contribution in [1.29, 1.82) is 5.26 Å². The number of alkyl halides is 3. The summed E-state index contributed by atoms with van der Waals surface area (Å²) in [7, 11) is 0. The van der Waals surface area contributed by atoms with E-state index >= 15 is 4.39 Å². The van der Waals surface area contributed by atoms with Crippen LogP contribution < -0.4 is 14.5 Å². The van der Waals surface area contributed by atoms with Crippen molar-refractivity contribution in [3.63, 3.8) is 0 Å². The maximum atomic E-state index is 15.1. The van der Waals surface area contributed by atoms with Crippen molar-refractivity contribution in [2.45, 2.75) is 31.0 Å². The lowest BCUT2D eigenvalue weighted by Crippen LogP contribution is -2.55. The highest BCUT2D eigenvalue weighted by molar-refractivity contribution is 7.81. The van der Waals surface area contributed by atoms with Crippen LogP contribution in [0.4, 0.5) is 28.9 Å². The first-order chi connectivity index (χ1) is 18.1. The zero-order chi connectivity index (χ0) is 27.2. The van der Waals surface area contributed by atoms with Crippen LogP contribution in [0, 0.1) is 17.1 Å². The van der Waals surface area contributed by atoms with E-state index in [1.807, 2.05) is 0 Å². The van der Waals surface area contributed by atoms with E-state index in [-0.39, 0.29) is 27.8 Å². The number of nitriles is 1. The second kappa shape index (κ2) is 9.18. The molecule has 0 unspecified atom stereocenters. The first kappa shape index (κ1) is 25.3. The topological polar surface area (TPSA) is 86.5 Å². The van der Waals surface area contributed by atoms with Gasteiger partial charge in [0.15, 0.2) is 10.8 Å². The molecule has 7 nitrogen and oxygen atoms in total. The molecule has 12 heteroatoms. The van der Waals surface area contributed by atoms with Crippen molar-refractivity contribution in [3.8, 4) is 11.8 Å². The summed E-state index contributed by atoms with van der Waals surface area (Å²) in [5.41, 5.74) is -3.82. The Hall–Kier alpha value is -4.37. The summed E-state index contributed by atoms with van der Waals surface area (Å²) in [5.74, 6) is -2.21.